The summed E-state index contributed by atoms with van der Waals surface area (Å²) in [6.07, 6.45) is 4.70. The van der Waals surface area contributed by atoms with E-state index in [9.17, 15) is 9.59 Å². The first kappa shape index (κ1) is 23.7. The first-order valence-electron chi connectivity index (χ1n) is 11.9. The summed E-state index contributed by atoms with van der Waals surface area (Å²) >= 11 is 0. The van der Waals surface area contributed by atoms with Gasteiger partial charge in [-0.2, -0.15) is 4.80 Å². The third-order valence-corrected chi connectivity index (χ3v) is 6.50. The Bertz CT molecular complexity index is 1160. The number of nitrogens with one attached hydrogen (secondary N) is 1. The number of aromatic nitrogens is 4. The lowest BCUT2D eigenvalue weighted by Crippen LogP contribution is -2.52. The summed E-state index contributed by atoms with van der Waals surface area (Å²) in [5.41, 5.74) is 2.73. The molecule has 3 aromatic rings. The molecule has 2 amide bonds. The lowest BCUT2D eigenvalue weighted by atomic mass is 10.0. The molecule has 1 unspecified atom stereocenters. The average molecular weight is 465 g/mol. The van der Waals surface area contributed by atoms with E-state index in [2.05, 4.69) is 20.7 Å². The zero-order valence-corrected chi connectivity index (χ0v) is 20.2. The maximum Gasteiger partial charge on any atom is 0.251 e. The second-order valence-electron chi connectivity index (χ2n) is 8.95. The van der Waals surface area contributed by atoms with Crippen molar-refractivity contribution in [1.82, 2.24) is 25.5 Å². The first-order valence-corrected chi connectivity index (χ1v) is 11.9. The third-order valence-electron chi connectivity index (χ3n) is 6.50. The number of nitrogens with zero attached hydrogens (tertiary/aromatic N) is 5. The molecule has 1 aliphatic rings. The molecule has 4 rings (SSSR count). The highest BCUT2D eigenvalue weighted by Crippen LogP contribution is 2.27. The highest BCUT2D eigenvalue weighted by molar-refractivity contribution is 6.01. The number of benzene rings is 1. The molecule has 1 atom stereocenters. The third kappa shape index (κ3) is 5.03. The predicted molar refractivity (Wildman–Crippen MR) is 128 cm³/mol. The maximum absolute atomic E-state index is 13.7. The fourth-order valence-electron chi connectivity index (χ4n) is 4.49. The Balaban J connectivity index is 1.61. The van der Waals surface area contributed by atoms with Gasteiger partial charge in [0.05, 0.1) is 0 Å². The molecule has 180 valence electrons. The van der Waals surface area contributed by atoms with Crippen molar-refractivity contribution in [1.29, 1.82) is 0 Å². The highest BCUT2D eigenvalue weighted by Gasteiger charge is 2.33. The zero-order chi connectivity index (χ0) is 24.2. The van der Waals surface area contributed by atoms with E-state index >= 15 is 0 Å². The molecule has 2 aromatic heterocycles. The Morgan fingerprint density at radius 2 is 1.94 bits per heavy atom. The van der Waals surface area contributed by atoms with Crippen LogP contribution in [0.25, 0.3) is 11.6 Å². The molecule has 0 bridgehead atoms. The number of hydrogen-bond acceptors (Lipinski definition) is 6. The molecule has 9 nitrogen and oxygen atoms in total. The summed E-state index contributed by atoms with van der Waals surface area (Å²) in [6, 6.07) is 8.91. The molecule has 0 saturated heterocycles. The van der Waals surface area contributed by atoms with Gasteiger partial charge >= 0.3 is 0 Å². The minimum Gasteiger partial charge on any atom is -0.458 e. The Morgan fingerprint density at radius 3 is 2.62 bits per heavy atom. The molecular weight excluding hydrogens is 432 g/mol. The van der Waals surface area contributed by atoms with Gasteiger partial charge in [0.25, 0.3) is 5.91 Å². The molecule has 1 aliphatic carbocycles. The number of anilines is 1. The van der Waals surface area contributed by atoms with Gasteiger partial charge in [0.2, 0.25) is 11.7 Å². The molecule has 0 radical (unpaired) electrons. The minimum absolute atomic E-state index is 0.123. The van der Waals surface area contributed by atoms with Crippen LogP contribution >= 0.6 is 0 Å². The quantitative estimate of drug-likeness (QED) is 0.544. The summed E-state index contributed by atoms with van der Waals surface area (Å²) in [6.45, 7) is 7.58. The number of furan rings is 1. The van der Waals surface area contributed by atoms with Gasteiger partial charge < -0.3 is 9.73 Å². The highest BCUT2D eigenvalue weighted by atomic mass is 16.3. The van der Waals surface area contributed by atoms with Crippen molar-refractivity contribution in [2.75, 3.05) is 4.90 Å². The average Bonchev–Trinajstić information content (AvgIpc) is 3.57. The number of tetrazole rings is 1. The predicted octanol–water partition coefficient (Wildman–Crippen LogP) is 3.73. The monoisotopic (exact) mass is 464 g/mol. The van der Waals surface area contributed by atoms with E-state index in [-0.39, 0.29) is 24.4 Å². The smallest absolute Gasteiger partial charge is 0.251 e. The molecular formula is C25H32N6O3. The van der Waals surface area contributed by atoms with Crippen molar-refractivity contribution >= 4 is 17.5 Å². The Labute approximate surface area is 199 Å². The molecule has 1 aromatic carbocycles. The second-order valence-corrected chi connectivity index (χ2v) is 8.95. The van der Waals surface area contributed by atoms with Crippen LogP contribution in [0.2, 0.25) is 0 Å². The first-order chi connectivity index (χ1) is 16.4. The lowest BCUT2D eigenvalue weighted by Gasteiger charge is -2.32. The van der Waals surface area contributed by atoms with Crippen LogP contribution in [0.4, 0.5) is 5.69 Å². The normalized spacial score (nSPS) is 14.8. The molecule has 1 fully saturated rings. The Kier molecular flexibility index (Phi) is 7.09. The van der Waals surface area contributed by atoms with Crippen molar-refractivity contribution in [3.63, 3.8) is 0 Å². The van der Waals surface area contributed by atoms with E-state index in [1.54, 1.807) is 11.0 Å². The van der Waals surface area contributed by atoms with Gasteiger partial charge in [0.15, 0.2) is 5.76 Å². The van der Waals surface area contributed by atoms with Gasteiger partial charge in [-0.25, -0.2) is 0 Å². The van der Waals surface area contributed by atoms with Crippen LogP contribution in [-0.4, -0.2) is 44.1 Å². The van der Waals surface area contributed by atoms with Gasteiger partial charge in [0, 0.05) is 11.7 Å². The van der Waals surface area contributed by atoms with Gasteiger partial charge in [-0.15, -0.1) is 10.2 Å². The van der Waals surface area contributed by atoms with Crippen LogP contribution < -0.4 is 10.2 Å². The molecule has 2 heterocycles. The molecule has 34 heavy (non-hydrogen) atoms. The van der Waals surface area contributed by atoms with Gasteiger partial charge in [-0.3, -0.25) is 14.5 Å². The van der Waals surface area contributed by atoms with Crippen molar-refractivity contribution in [2.45, 2.75) is 78.4 Å². The van der Waals surface area contributed by atoms with E-state index < -0.39 is 6.04 Å². The van der Waals surface area contributed by atoms with Crippen LogP contribution in [0.3, 0.4) is 0 Å². The second kappa shape index (κ2) is 10.2. The Hall–Kier alpha value is -3.49. The summed E-state index contributed by atoms with van der Waals surface area (Å²) < 4.78 is 5.56. The molecule has 1 saturated carbocycles. The van der Waals surface area contributed by atoms with Gasteiger partial charge in [-0.1, -0.05) is 31.9 Å². The van der Waals surface area contributed by atoms with Crippen molar-refractivity contribution in [2.24, 2.45) is 0 Å². The molecule has 0 aliphatic heterocycles. The van der Waals surface area contributed by atoms with Crippen LogP contribution in [-0.2, 0) is 16.1 Å². The number of aryl methyl sites for hydroxylation is 2. The summed E-state index contributed by atoms with van der Waals surface area (Å²) in [4.78, 5) is 29.8. The summed E-state index contributed by atoms with van der Waals surface area (Å²) in [7, 11) is 0. The minimum atomic E-state index is -0.635. The maximum atomic E-state index is 13.7. The van der Waals surface area contributed by atoms with E-state index in [1.807, 2.05) is 52.0 Å². The van der Waals surface area contributed by atoms with E-state index in [4.69, 9.17) is 4.42 Å². The summed E-state index contributed by atoms with van der Waals surface area (Å²) in [5.74, 6) is 1.14. The lowest BCUT2D eigenvalue weighted by molar-refractivity contribution is -0.127. The largest absolute Gasteiger partial charge is 0.458 e. The van der Waals surface area contributed by atoms with Crippen LogP contribution in [0.15, 0.2) is 34.7 Å². The fraction of sp³-hybridized carbons (Fsp3) is 0.480. The van der Waals surface area contributed by atoms with Crippen molar-refractivity contribution in [3.05, 3.63) is 47.2 Å². The van der Waals surface area contributed by atoms with Crippen LogP contribution in [0.1, 0.15) is 55.9 Å². The SMILES string of the molecule is CCC(C(=O)NC1CCCC1)N(C(=O)Cn1nnc(-c2ccc(C)o2)n1)c1cccc(C)c1C. The van der Waals surface area contributed by atoms with Gasteiger partial charge in [-0.05, 0) is 74.6 Å². The number of rotatable bonds is 8. The number of carbonyl (C=O) groups is 2. The van der Waals surface area contributed by atoms with Crippen LogP contribution in [0, 0.1) is 20.8 Å². The molecule has 9 heteroatoms. The summed E-state index contributed by atoms with van der Waals surface area (Å²) in [5, 5.41) is 15.5. The zero-order valence-electron chi connectivity index (χ0n) is 20.2. The topological polar surface area (TPSA) is 106 Å². The van der Waals surface area contributed by atoms with E-state index in [0.717, 1.165) is 48.3 Å². The number of amides is 2. The van der Waals surface area contributed by atoms with E-state index in [1.165, 1.54) is 4.80 Å². The molecule has 1 N–H and O–H groups in total. The Morgan fingerprint density at radius 1 is 1.18 bits per heavy atom. The molecule has 0 spiro atoms. The van der Waals surface area contributed by atoms with E-state index in [0.29, 0.717) is 18.0 Å². The number of hydrogen-bond donors (Lipinski definition) is 1. The standard InChI is InChI=1S/C25H32N6O3/c1-5-20(25(33)26-19-10-6-7-11-19)31(21-12-8-9-16(2)18(21)4)23(32)15-30-28-24(27-29-30)22-14-13-17(3)34-22/h8-9,12-14,19-20H,5-7,10-11,15H2,1-4H3,(H,26,33). The van der Waals surface area contributed by atoms with Crippen LogP contribution in [0.5, 0.6) is 0 Å². The van der Waals surface area contributed by atoms with Crippen molar-refractivity contribution in [3.8, 4) is 11.6 Å². The van der Waals surface area contributed by atoms with Crippen molar-refractivity contribution < 1.29 is 14.0 Å². The fourth-order valence-corrected chi connectivity index (χ4v) is 4.49. The van der Waals surface area contributed by atoms with Gasteiger partial charge in [0.1, 0.15) is 18.3 Å². The number of carbonyl (C=O) groups excluding carboxylic acids is 2.